The van der Waals surface area contributed by atoms with Gasteiger partial charge in [-0.05, 0) is 78.9 Å². The van der Waals surface area contributed by atoms with Gasteiger partial charge < -0.3 is 9.88 Å². The van der Waals surface area contributed by atoms with Crippen molar-refractivity contribution in [2.75, 3.05) is 0 Å². The average Bonchev–Trinajstić information content (AvgIpc) is 3.27. The molecule has 1 saturated heterocycles. The van der Waals surface area contributed by atoms with Crippen molar-refractivity contribution < 1.29 is 4.79 Å². The van der Waals surface area contributed by atoms with Gasteiger partial charge in [0.05, 0.1) is 10.6 Å². The van der Waals surface area contributed by atoms with Gasteiger partial charge in [-0.15, -0.1) is 0 Å². The first kappa shape index (κ1) is 19.1. The number of amidine groups is 1. The predicted molar refractivity (Wildman–Crippen MR) is 120 cm³/mol. The van der Waals surface area contributed by atoms with Crippen LogP contribution in [0.2, 0.25) is 5.02 Å². The molecule has 28 heavy (non-hydrogen) atoms. The van der Waals surface area contributed by atoms with Crippen LogP contribution in [0.3, 0.4) is 0 Å². The van der Waals surface area contributed by atoms with E-state index < -0.39 is 0 Å². The summed E-state index contributed by atoms with van der Waals surface area (Å²) in [5.41, 5.74) is 3.56. The Balaban J connectivity index is 1.63. The molecule has 4 nitrogen and oxygen atoms in total. The smallest absolute Gasteiger partial charge is 0.264 e. The second-order valence-electron chi connectivity index (χ2n) is 6.15. The highest BCUT2D eigenvalue weighted by Gasteiger charge is 2.24. The molecule has 1 fully saturated rings. The quantitative estimate of drug-likeness (QED) is 0.469. The summed E-state index contributed by atoms with van der Waals surface area (Å²) in [6.45, 7) is 1.91. The molecule has 0 aliphatic carbocycles. The van der Waals surface area contributed by atoms with E-state index in [1.165, 1.54) is 11.8 Å². The van der Waals surface area contributed by atoms with Crippen molar-refractivity contribution in [1.29, 1.82) is 0 Å². The highest BCUT2D eigenvalue weighted by atomic mass is 79.9. The van der Waals surface area contributed by atoms with Crippen LogP contribution in [-0.4, -0.2) is 15.6 Å². The first-order valence-corrected chi connectivity index (χ1v) is 10.5. The summed E-state index contributed by atoms with van der Waals surface area (Å²) < 4.78 is 3.05. The third-order valence-corrected chi connectivity index (χ3v) is 6.12. The van der Waals surface area contributed by atoms with Crippen LogP contribution in [-0.2, 0) is 4.79 Å². The maximum absolute atomic E-state index is 12.4. The summed E-state index contributed by atoms with van der Waals surface area (Å²) in [5, 5.41) is 4.02. The molecule has 3 aromatic rings. The number of amides is 1. The number of rotatable bonds is 3. The Bertz CT molecular complexity index is 1120. The van der Waals surface area contributed by atoms with Crippen LogP contribution in [0, 0.1) is 6.92 Å². The first-order valence-electron chi connectivity index (χ1n) is 8.49. The number of halogens is 2. The number of nitrogens with one attached hydrogen (secondary N) is 1. The molecule has 1 aromatic heterocycles. The Morgan fingerprint density at radius 2 is 1.93 bits per heavy atom. The van der Waals surface area contributed by atoms with Gasteiger partial charge in [-0.2, -0.15) is 0 Å². The molecule has 1 aliphatic rings. The summed E-state index contributed by atoms with van der Waals surface area (Å²) in [4.78, 5) is 17.6. The first-order chi connectivity index (χ1) is 13.5. The molecule has 0 bridgehead atoms. The summed E-state index contributed by atoms with van der Waals surface area (Å²) in [6, 6.07) is 17.5. The maximum Gasteiger partial charge on any atom is 0.264 e. The minimum Gasteiger partial charge on any atom is -0.317 e. The Morgan fingerprint density at radius 1 is 1.14 bits per heavy atom. The third-order valence-electron chi connectivity index (χ3n) is 4.28. The van der Waals surface area contributed by atoms with E-state index >= 15 is 0 Å². The summed E-state index contributed by atoms with van der Waals surface area (Å²) in [6.07, 6.45) is 3.84. The lowest BCUT2D eigenvalue weighted by molar-refractivity contribution is -0.115. The van der Waals surface area contributed by atoms with E-state index in [1.807, 2.05) is 78.4 Å². The number of carbonyl (C=O) groups excluding carboxylic acids is 1. The lowest BCUT2D eigenvalue weighted by Crippen LogP contribution is -2.19. The van der Waals surface area contributed by atoms with Crippen LogP contribution in [0.1, 0.15) is 11.3 Å². The van der Waals surface area contributed by atoms with Crippen molar-refractivity contribution in [1.82, 2.24) is 9.88 Å². The number of hydrogen-bond donors (Lipinski definition) is 1. The topological polar surface area (TPSA) is 46.4 Å². The van der Waals surface area contributed by atoms with Gasteiger partial charge in [0.25, 0.3) is 5.91 Å². The van der Waals surface area contributed by atoms with E-state index in [9.17, 15) is 4.79 Å². The van der Waals surface area contributed by atoms with E-state index in [-0.39, 0.29) is 5.91 Å². The summed E-state index contributed by atoms with van der Waals surface area (Å²) in [5.74, 6) is -0.160. The van der Waals surface area contributed by atoms with E-state index in [0.717, 1.165) is 27.1 Å². The molecular formula is C21H15BrClN3OS. The van der Waals surface area contributed by atoms with Crippen LogP contribution in [0.15, 0.2) is 75.2 Å². The van der Waals surface area contributed by atoms with Crippen molar-refractivity contribution in [2.45, 2.75) is 6.92 Å². The van der Waals surface area contributed by atoms with Crippen LogP contribution >= 0.6 is 39.3 Å². The van der Waals surface area contributed by atoms with Gasteiger partial charge >= 0.3 is 0 Å². The van der Waals surface area contributed by atoms with Gasteiger partial charge in [0.15, 0.2) is 5.17 Å². The standard InChI is InChI=1S/C21H15BrClN3OS/c1-13-17(23)5-2-6-18(13)24-21-25-20(27)19(28-21)12-16-4-3-11-26(16)15-9-7-14(22)8-10-15/h2-12H,1H3,(H,24,25,27)/b19-12-. The number of thioether (sulfide) groups is 1. The predicted octanol–water partition coefficient (Wildman–Crippen LogP) is 6.09. The Kier molecular flexibility index (Phi) is 5.44. The van der Waals surface area contributed by atoms with E-state index in [0.29, 0.717) is 15.1 Å². The van der Waals surface area contributed by atoms with Crippen LogP contribution in [0.4, 0.5) is 5.69 Å². The van der Waals surface area contributed by atoms with Gasteiger partial charge in [-0.3, -0.25) is 4.79 Å². The molecule has 7 heteroatoms. The van der Waals surface area contributed by atoms with E-state index in [2.05, 4.69) is 26.2 Å². The van der Waals surface area contributed by atoms with Crippen molar-refractivity contribution in [2.24, 2.45) is 4.99 Å². The summed E-state index contributed by atoms with van der Waals surface area (Å²) >= 11 is 10.9. The van der Waals surface area contributed by atoms with Gasteiger partial charge in [0.2, 0.25) is 0 Å². The molecule has 1 N–H and O–H groups in total. The number of nitrogens with zero attached hydrogens (tertiary/aromatic N) is 2. The maximum atomic E-state index is 12.4. The zero-order valence-corrected chi connectivity index (χ0v) is 18.0. The fourth-order valence-corrected chi connectivity index (χ4v) is 4.04. The van der Waals surface area contributed by atoms with Crippen molar-refractivity contribution >= 4 is 62.1 Å². The SMILES string of the molecule is Cc1c(Cl)cccc1N=C1NC(=O)/C(=C/c2cccn2-c2ccc(Br)cc2)S1. The second-order valence-corrected chi connectivity index (χ2v) is 8.50. The zero-order chi connectivity index (χ0) is 19.7. The van der Waals surface area contributed by atoms with Crippen LogP contribution in [0.5, 0.6) is 0 Å². The van der Waals surface area contributed by atoms with Crippen molar-refractivity contribution in [3.8, 4) is 5.69 Å². The second kappa shape index (κ2) is 7.99. The Labute approximate surface area is 180 Å². The zero-order valence-electron chi connectivity index (χ0n) is 14.8. The van der Waals surface area contributed by atoms with Crippen molar-refractivity contribution in [3.05, 3.63) is 86.5 Å². The lowest BCUT2D eigenvalue weighted by Gasteiger charge is -2.07. The average molecular weight is 473 g/mol. The number of hydrogen-bond acceptors (Lipinski definition) is 3. The third kappa shape index (κ3) is 3.94. The molecule has 0 atom stereocenters. The highest BCUT2D eigenvalue weighted by Crippen LogP contribution is 2.31. The van der Waals surface area contributed by atoms with Gasteiger partial charge in [0, 0.05) is 27.1 Å². The van der Waals surface area contributed by atoms with E-state index in [4.69, 9.17) is 11.6 Å². The molecule has 1 amide bonds. The largest absolute Gasteiger partial charge is 0.317 e. The molecule has 0 radical (unpaired) electrons. The fourth-order valence-electron chi connectivity index (χ4n) is 2.79. The van der Waals surface area contributed by atoms with Gasteiger partial charge in [0.1, 0.15) is 0 Å². The van der Waals surface area contributed by atoms with Crippen LogP contribution in [0.25, 0.3) is 11.8 Å². The molecule has 2 heterocycles. The molecule has 4 rings (SSSR count). The fraction of sp³-hybridized carbons (Fsp3) is 0.0476. The lowest BCUT2D eigenvalue weighted by atomic mass is 10.2. The highest BCUT2D eigenvalue weighted by molar-refractivity contribution is 9.10. The number of carbonyl (C=O) groups is 1. The minimum absolute atomic E-state index is 0.160. The van der Waals surface area contributed by atoms with Crippen LogP contribution < -0.4 is 5.32 Å². The Hall–Kier alpha value is -2.28. The molecule has 0 unspecified atom stereocenters. The van der Waals surface area contributed by atoms with Gasteiger partial charge in [-0.25, -0.2) is 4.99 Å². The molecule has 0 saturated carbocycles. The number of aliphatic imine (C=N–C) groups is 1. The monoisotopic (exact) mass is 471 g/mol. The van der Waals surface area contributed by atoms with E-state index in [1.54, 1.807) is 0 Å². The Morgan fingerprint density at radius 3 is 2.71 bits per heavy atom. The van der Waals surface area contributed by atoms with Gasteiger partial charge in [-0.1, -0.05) is 33.6 Å². The molecule has 140 valence electrons. The molecule has 1 aliphatic heterocycles. The minimum atomic E-state index is -0.160. The number of aromatic nitrogens is 1. The number of benzene rings is 2. The normalized spacial score (nSPS) is 16.8. The molecule has 2 aromatic carbocycles. The molecule has 0 spiro atoms. The molecular weight excluding hydrogens is 458 g/mol. The van der Waals surface area contributed by atoms with Crippen molar-refractivity contribution in [3.63, 3.8) is 0 Å². The summed E-state index contributed by atoms with van der Waals surface area (Å²) in [7, 11) is 0.